The van der Waals surface area contributed by atoms with E-state index in [1.807, 2.05) is 12.1 Å². The standard InChI is InChI=1S/C25H26N2O7S/c1-5-34-24(30)17-7-9-18(10-8-17)26-25-27(23(29)21(35-25)15-22(28)33-4)13-12-16-6-11-19(31-2)20(14-16)32-3/h6-11,14-15H,5,12-13H2,1-4H3/b21-15+,26-25?. The molecular weight excluding hydrogens is 472 g/mol. The number of amidine groups is 1. The first-order valence-corrected chi connectivity index (χ1v) is 11.6. The molecule has 1 aliphatic rings. The van der Waals surface area contributed by atoms with Crippen LogP contribution in [0.2, 0.25) is 0 Å². The van der Waals surface area contributed by atoms with Crippen LogP contribution in [-0.4, -0.2) is 62.4 Å². The lowest BCUT2D eigenvalue weighted by Gasteiger charge is -2.16. The molecule has 3 rings (SSSR count). The largest absolute Gasteiger partial charge is 0.493 e. The average molecular weight is 499 g/mol. The van der Waals surface area contributed by atoms with E-state index in [1.165, 1.54) is 12.0 Å². The Balaban J connectivity index is 1.86. The van der Waals surface area contributed by atoms with Crippen molar-refractivity contribution in [2.45, 2.75) is 13.3 Å². The fourth-order valence-electron chi connectivity index (χ4n) is 3.23. The van der Waals surface area contributed by atoms with Gasteiger partial charge in [-0.3, -0.25) is 9.69 Å². The molecule has 184 valence electrons. The zero-order valence-corrected chi connectivity index (χ0v) is 20.7. The van der Waals surface area contributed by atoms with E-state index in [-0.39, 0.29) is 17.4 Å². The summed E-state index contributed by atoms with van der Waals surface area (Å²) in [6.07, 6.45) is 1.67. The molecule has 1 amide bonds. The van der Waals surface area contributed by atoms with Gasteiger partial charge in [-0.05, 0) is 67.1 Å². The van der Waals surface area contributed by atoms with Gasteiger partial charge in [0.1, 0.15) is 0 Å². The minimum absolute atomic E-state index is 0.214. The second-order valence-corrected chi connectivity index (χ2v) is 8.20. The van der Waals surface area contributed by atoms with Crippen LogP contribution in [-0.2, 0) is 25.5 Å². The van der Waals surface area contributed by atoms with Crippen molar-refractivity contribution in [3.05, 3.63) is 64.6 Å². The predicted molar refractivity (Wildman–Crippen MR) is 132 cm³/mol. The summed E-state index contributed by atoms with van der Waals surface area (Å²) in [4.78, 5) is 43.0. The molecule has 1 heterocycles. The Bertz CT molecular complexity index is 1160. The maximum absolute atomic E-state index is 13.1. The lowest BCUT2D eigenvalue weighted by Crippen LogP contribution is -2.31. The molecule has 2 aromatic rings. The van der Waals surface area contributed by atoms with Crippen molar-refractivity contribution in [2.75, 3.05) is 34.5 Å². The molecule has 0 saturated carbocycles. The number of methoxy groups -OCH3 is 3. The van der Waals surface area contributed by atoms with Crippen LogP contribution in [0.15, 0.2) is 58.4 Å². The maximum atomic E-state index is 13.1. The molecule has 1 fully saturated rings. The van der Waals surface area contributed by atoms with Gasteiger partial charge in [-0.2, -0.15) is 0 Å². The Morgan fingerprint density at radius 3 is 2.37 bits per heavy atom. The molecule has 0 N–H and O–H groups in total. The highest BCUT2D eigenvalue weighted by Gasteiger charge is 2.34. The second kappa shape index (κ2) is 12.1. The van der Waals surface area contributed by atoms with Crippen LogP contribution in [0.3, 0.4) is 0 Å². The third-order valence-electron chi connectivity index (χ3n) is 5.01. The summed E-state index contributed by atoms with van der Waals surface area (Å²) < 4.78 is 20.3. The van der Waals surface area contributed by atoms with Crippen molar-refractivity contribution in [1.82, 2.24) is 4.90 Å². The van der Waals surface area contributed by atoms with Crippen molar-refractivity contribution < 1.29 is 33.3 Å². The number of ether oxygens (including phenoxy) is 4. The second-order valence-electron chi connectivity index (χ2n) is 7.19. The molecule has 9 nitrogen and oxygen atoms in total. The van der Waals surface area contributed by atoms with Gasteiger partial charge in [-0.1, -0.05) is 6.07 Å². The zero-order chi connectivity index (χ0) is 25.4. The quantitative estimate of drug-likeness (QED) is 0.380. The highest BCUT2D eigenvalue weighted by Crippen LogP contribution is 2.34. The summed E-state index contributed by atoms with van der Waals surface area (Å²) in [7, 11) is 4.37. The number of carbonyl (C=O) groups is 3. The zero-order valence-electron chi connectivity index (χ0n) is 19.9. The van der Waals surface area contributed by atoms with E-state index in [1.54, 1.807) is 51.5 Å². The number of hydrogen-bond donors (Lipinski definition) is 0. The van der Waals surface area contributed by atoms with Gasteiger partial charge in [0.25, 0.3) is 5.91 Å². The maximum Gasteiger partial charge on any atom is 0.338 e. The Labute approximate surface area is 207 Å². The summed E-state index contributed by atoms with van der Waals surface area (Å²) in [6.45, 7) is 2.34. The summed E-state index contributed by atoms with van der Waals surface area (Å²) in [5.74, 6) is -0.185. The van der Waals surface area contributed by atoms with E-state index in [0.29, 0.717) is 40.9 Å². The van der Waals surface area contributed by atoms with Crippen molar-refractivity contribution in [3.63, 3.8) is 0 Å². The van der Waals surface area contributed by atoms with E-state index in [9.17, 15) is 14.4 Å². The molecule has 35 heavy (non-hydrogen) atoms. The normalized spacial score (nSPS) is 15.4. The van der Waals surface area contributed by atoms with Gasteiger partial charge in [0.05, 0.1) is 44.1 Å². The SMILES string of the molecule is CCOC(=O)c1ccc(N=C2S/C(=C/C(=O)OC)C(=O)N2CCc2ccc(OC)c(OC)c2)cc1. The first kappa shape index (κ1) is 25.8. The van der Waals surface area contributed by atoms with E-state index < -0.39 is 11.9 Å². The minimum atomic E-state index is -0.624. The van der Waals surface area contributed by atoms with Crippen molar-refractivity contribution in [3.8, 4) is 11.5 Å². The summed E-state index contributed by atoms with van der Waals surface area (Å²) >= 11 is 1.08. The third kappa shape index (κ3) is 6.42. The summed E-state index contributed by atoms with van der Waals surface area (Å²) in [6, 6.07) is 12.1. The third-order valence-corrected chi connectivity index (χ3v) is 6.02. The summed E-state index contributed by atoms with van der Waals surface area (Å²) in [5, 5.41) is 0.412. The van der Waals surface area contributed by atoms with Crippen LogP contribution in [0.25, 0.3) is 0 Å². The molecule has 0 unspecified atom stereocenters. The highest BCUT2D eigenvalue weighted by molar-refractivity contribution is 8.18. The fourth-order valence-corrected chi connectivity index (χ4v) is 4.21. The molecule has 1 aliphatic heterocycles. The predicted octanol–water partition coefficient (Wildman–Crippen LogP) is 3.74. The Morgan fingerprint density at radius 2 is 1.74 bits per heavy atom. The van der Waals surface area contributed by atoms with E-state index >= 15 is 0 Å². The molecular formula is C25H26N2O7S. The van der Waals surface area contributed by atoms with Gasteiger partial charge in [0, 0.05) is 12.6 Å². The van der Waals surface area contributed by atoms with Gasteiger partial charge in [-0.15, -0.1) is 0 Å². The van der Waals surface area contributed by atoms with Crippen LogP contribution in [0.1, 0.15) is 22.8 Å². The number of rotatable bonds is 9. The van der Waals surface area contributed by atoms with Gasteiger partial charge in [0.2, 0.25) is 0 Å². The number of nitrogens with zero attached hydrogens (tertiary/aromatic N) is 2. The number of thioether (sulfide) groups is 1. The Hall–Kier alpha value is -3.79. The Kier molecular flexibility index (Phi) is 8.91. The monoisotopic (exact) mass is 498 g/mol. The number of amides is 1. The molecule has 0 aromatic heterocycles. The van der Waals surface area contributed by atoms with Crippen molar-refractivity contribution >= 4 is 40.5 Å². The number of benzene rings is 2. The first-order valence-electron chi connectivity index (χ1n) is 10.8. The van der Waals surface area contributed by atoms with E-state index in [4.69, 9.17) is 14.2 Å². The molecule has 0 atom stereocenters. The van der Waals surface area contributed by atoms with Crippen LogP contribution in [0.4, 0.5) is 5.69 Å². The molecule has 0 aliphatic carbocycles. The number of esters is 2. The van der Waals surface area contributed by atoms with Gasteiger partial charge < -0.3 is 18.9 Å². The average Bonchev–Trinajstić information content (AvgIpc) is 3.16. The number of aliphatic imine (C=N–C) groups is 1. The summed E-state index contributed by atoms with van der Waals surface area (Å²) in [5.41, 5.74) is 1.88. The molecule has 1 saturated heterocycles. The van der Waals surface area contributed by atoms with Crippen molar-refractivity contribution in [2.24, 2.45) is 4.99 Å². The lowest BCUT2D eigenvalue weighted by atomic mass is 10.1. The fraction of sp³-hybridized carbons (Fsp3) is 0.280. The molecule has 10 heteroatoms. The molecule has 2 aromatic carbocycles. The Morgan fingerprint density at radius 1 is 1.03 bits per heavy atom. The van der Waals surface area contributed by atoms with E-state index in [0.717, 1.165) is 23.4 Å². The van der Waals surface area contributed by atoms with E-state index in [2.05, 4.69) is 9.73 Å². The first-order chi connectivity index (χ1) is 16.9. The smallest absolute Gasteiger partial charge is 0.338 e. The van der Waals surface area contributed by atoms with Crippen LogP contribution >= 0.6 is 11.8 Å². The van der Waals surface area contributed by atoms with Gasteiger partial charge in [-0.25, -0.2) is 14.6 Å². The van der Waals surface area contributed by atoms with Crippen LogP contribution in [0, 0.1) is 0 Å². The molecule has 0 bridgehead atoms. The van der Waals surface area contributed by atoms with Gasteiger partial charge >= 0.3 is 11.9 Å². The number of hydrogen-bond acceptors (Lipinski definition) is 9. The minimum Gasteiger partial charge on any atom is -0.493 e. The number of carbonyl (C=O) groups excluding carboxylic acids is 3. The van der Waals surface area contributed by atoms with Crippen LogP contribution in [0.5, 0.6) is 11.5 Å². The van der Waals surface area contributed by atoms with Gasteiger partial charge in [0.15, 0.2) is 16.7 Å². The molecule has 0 spiro atoms. The highest BCUT2D eigenvalue weighted by atomic mass is 32.2. The lowest BCUT2D eigenvalue weighted by molar-refractivity contribution is -0.135. The molecule has 0 radical (unpaired) electrons. The van der Waals surface area contributed by atoms with Crippen LogP contribution < -0.4 is 9.47 Å². The van der Waals surface area contributed by atoms with Crippen molar-refractivity contribution in [1.29, 1.82) is 0 Å². The topological polar surface area (TPSA) is 104 Å².